The highest BCUT2D eigenvalue weighted by molar-refractivity contribution is 6.39. The number of anilines is 1. The third-order valence-corrected chi connectivity index (χ3v) is 5.46. The van der Waals surface area contributed by atoms with Crippen LogP contribution in [-0.4, -0.2) is 34.9 Å². The molecule has 2 heterocycles. The summed E-state index contributed by atoms with van der Waals surface area (Å²) in [5, 5.41) is 0.990. The summed E-state index contributed by atoms with van der Waals surface area (Å²) in [5.74, 6) is -0.0908. The van der Waals surface area contributed by atoms with Crippen molar-refractivity contribution in [1.82, 2.24) is 14.7 Å². The number of nitrogen functional groups attached to an aromatic ring is 1. The highest BCUT2D eigenvalue weighted by atomic mass is 35.5. The van der Waals surface area contributed by atoms with Gasteiger partial charge in [-0.3, -0.25) is 4.79 Å². The minimum absolute atomic E-state index is 0.122. The van der Waals surface area contributed by atoms with E-state index >= 15 is 0 Å². The number of fused-ring (bicyclic) bond motifs is 1. The number of carbonyl (C=O) groups excluding carboxylic acids is 1. The molecule has 0 unspecified atom stereocenters. The van der Waals surface area contributed by atoms with E-state index in [1.807, 2.05) is 0 Å². The number of carbonyl (C=O) groups is 1. The van der Waals surface area contributed by atoms with E-state index in [0.717, 1.165) is 4.73 Å². The van der Waals surface area contributed by atoms with Gasteiger partial charge in [-0.15, -0.1) is 4.73 Å². The molecule has 0 amide bonds. The molecule has 4 aromatic rings. The standard InChI is InChI=1S/C22H16Cl2N4O4/c1-31-22(30)12-8-6-11(7-9-12)19-26-18(25)14-10-13(17-15(23)4-3-5-16(17)24)21(29)28(32-2)20(14)27-19/h3-10H,1-2H3,(H2,25,26,27). The summed E-state index contributed by atoms with van der Waals surface area (Å²) in [6.07, 6.45) is 0. The van der Waals surface area contributed by atoms with E-state index in [9.17, 15) is 9.59 Å². The summed E-state index contributed by atoms with van der Waals surface area (Å²) in [7, 11) is 2.64. The van der Waals surface area contributed by atoms with E-state index in [1.54, 1.807) is 48.5 Å². The van der Waals surface area contributed by atoms with E-state index in [0.29, 0.717) is 32.1 Å². The lowest BCUT2D eigenvalue weighted by Gasteiger charge is -2.14. The van der Waals surface area contributed by atoms with Crippen molar-refractivity contribution in [2.24, 2.45) is 0 Å². The molecule has 0 fully saturated rings. The van der Waals surface area contributed by atoms with E-state index in [2.05, 4.69) is 9.97 Å². The average molecular weight is 471 g/mol. The summed E-state index contributed by atoms with van der Waals surface area (Å²) < 4.78 is 5.71. The van der Waals surface area contributed by atoms with Crippen LogP contribution < -0.4 is 16.1 Å². The van der Waals surface area contributed by atoms with Crippen LogP contribution in [0.4, 0.5) is 5.82 Å². The van der Waals surface area contributed by atoms with E-state index < -0.39 is 11.5 Å². The second-order valence-corrected chi connectivity index (χ2v) is 7.49. The number of halogens is 2. The highest BCUT2D eigenvalue weighted by Crippen LogP contribution is 2.34. The van der Waals surface area contributed by atoms with Crippen molar-refractivity contribution in [3.05, 3.63) is 74.5 Å². The lowest BCUT2D eigenvalue weighted by atomic mass is 10.1. The fraction of sp³-hybridized carbons (Fsp3) is 0.0909. The van der Waals surface area contributed by atoms with Crippen molar-refractivity contribution in [2.75, 3.05) is 20.0 Å². The van der Waals surface area contributed by atoms with Gasteiger partial charge in [0.25, 0.3) is 5.56 Å². The van der Waals surface area contributed by atoms with Crippen LogP contribution in [-0.2, 0) is 4.74 Å². The molecule has 162 valence electrons. The number of aromatic nitrogens is 3. The Morgan fingerprint density at radius 3 is 2.28 bits per heavy atom. The predicted molar refractivity (Wildman–Crippen MR) is 123 cm³/mol. The van der Waals surface area contributed by atoms with Crippen LogP contribution in [0, 0.1) is 0 Å². The first-order valence-electron chi connectivity index (χ1n) is 9.26. The number of pyridine rings is 1. The van der Waals surface area contributed by atoms with Crippen molar-refractivity contribution < 1.29 is 14.4 Å². The molecule has 8 nitrogen and oxygen atoms in total. The Labute approximate surface area is 192 Å². The molecule has 0 saturated carbocycles. The van der Waals surface area contributed by atoms with Crippen LogP contribution in [0.15, 0.2) is 53.3 Å². The Morgan fingerprint density at radius 1 is 1.03 bits per heavy atom. The number of hydrogen-bond donors (Lipinski definition) is 1. The molecule has 0 spiro atoms. The maximum atomic E-state index is 13.2. The maximum absolute atomic E-state index is 13.2. The lowest BCUT2D eigenvalue weighted by Crippen LogP contribution is -2.27. The van der Waals surface area contributed by atoms with Gasteiger partial charge in [0, 0.05) is 11.1 Å². The molecule has 2 aromatic carbocycles. The molecule has 0 atom stereocenters. The monoisotopic (exact) mass is 470 g/mol. The minimum atomic E-state index is -0.514. The number of ether oxygens (including phenoxy) is 1. The van der Waals surface area contributed by atoms with Crippen LogP contribution in [0.3, 0.4) is 0 Å². The number of esters is 1. The van der Waals surface area contributed by atoms with Gasteiger partial charge < -0.3 is 15.3 Å². The fourth-order valence-corrected chi connectivity index (χ4v) is 3.89. The summed E-state index contributed by atoms with van der Waals surface area (Å²) in [6.45, 7) is 0. The number of benzene rings is 2. The minimum Gasteiger partial charge on any atom is -0.465 e. The van der Waals surface area contributed by atoms with Crippen LogP contribution in [0.1, 0.15) is 10.4 Å². The zero-order valence-electron chi connectivity index (χ0n) is 16.9. The molecule has 0 radical (unpaired) electrons. The number of methoxy groups -OCH3 is 1. The topological polar surface area (TPSA) is 109 Å². The smallest absolute Gasteiger partial charge is 0.337 e. The Kier molecular flexibility index (Phi) is 5.73. The van der Waals surface area contributed by atoms with E-state index in [-0.39, 0.29) is 22.9 Å². The van der Waals surface area contributed by atoms with E-state index in [1.165, 1.54) is 14.2 Å². The first kappa shape index (κ1) is 21.6. The zero-order chi connectivity index (χ0) is 23.0. The van der Waals surface area contributed by atoms with Crippen LogP contribution in [0.25, 0.3) is 33.5 Å². The van der Waals surface area contributed by atoms with Gasteiger partial charge in [-0.25, -0.2) is 14.8 Å². The van der Waals surface area contributed by atoms with Gasteiger partial charge in [-0.1, -0.05) is 41.4 Å². The van der Waals surface area contributed by atoms with Gasteiger partial charge in [-0.2, -0.15) is 0 Å². The summed E-state index contributed by atoms with van der Waals surface area (Å²) >= 11 is 12.6. The number of hydrogen-bond acceptors (Lipinski definition) is 7. The molecule has 2 N–H and O–H groups in total. The Balaban J connectivity index is 1.94. The quantitative estimate of drug-likeness (QED) is 0.450. The Bertz CT molecular complexity index is 1400. The van der Waals surface area contributed by atoms with Crippen molar-refractivity contribution in [3.8, 4) is 22.5 Å². The molecule has 0 aliphatic rings. The molecule has 10 heteroatoms. The van der Waals surface area contributed by atoms with Gasteiger partial charge >= 0.3 is 5.97 Å². The van der Waals surface area contributed by atoms with Crippen molar-refractivity contribution in [1.29, 1.82) is 0 Å². The third-order valence-electron chi connectivity index (χ3n) is 4.83. The Morgan fingerprint density at radius 2 is 1.69 bits per heavy atom. The third kappa shape index (κ3) is 3.63. The van der Waals surface area contributed by atoms with Crippen LogP contribution >= 0.6 is 23.2 Å². The van der Waals surface area contributed by atoms with Crippen molar-refractivity contribution >= 4 is 46.0 Å². The molecule has 32 heavy (non-hydrogen) atoms. The van der Waals surface area contributed by atoms with Gasteiger partial charge in [-0.05, 0) is 30.3 Å². The van der Waals surface area contributed by atoms with Gasteiger partial charge in [0.2, 0.25) is 0 Å². The molecular weight excluding hydrogens is 455 g/mol. The largest absolute Gasteiger partial charge is 0.465 e. The number of rotatable bonds is 4. The van der Waals surface area contributed by atoms with Gasteiger partial charge in [0.05, 0.1) is 33.7 Å². The first-order chi connectivity index (χ1) is 15.3. The summed E-state index contributed by atoms with van der Waals surface area (Å²) in [6, 6.07) is 12.9. The molecule has 0 aliphatic heterocycles. The first-order valence-corrected chi connectivity index (χ1v) is 10.0. The SMILES string of the molecule is COC(=O)c1ccc(-c2nc(N)c3cc(-c4c(Cl)cccc4Cl)c(=O)n(OC)c3n2)cc1. The summed E-state index contributed by atoms with van der Waals surface area (Å²) in [4.78, 5) is 39.0. The average Bonchev–Trinajstić information content (AvgIpc) is 2.79. The molecule has 0 bridgehead atoms. The van der Waals surface area contributed by atoms with Gasteiger partial charge in [0.15, 0.2) is 11.5 Å². The van der Waals surface area contributed by atoms with Crippen LogP contribution in [0.2, 0.25) is 10.0 Å². The van der Waals surface area contributed by atoms with E-state index in [4.69, 9.17) is 38.5 Å². The second kappa shape index (κ2) is 8.49. The molecule has 4 rings (SSSR count). The van der Waals surface area contributed by atoms with Gasteiger partial charge in [0.1, 0.15) is 12.9 Å². The second-order valence-electron chi connectivity index (χ2n) is 6.68. The number of nitrogens with two attached hydrogens (primary N) is 1. The maximum Gasteiger partial charge on any atom is 0.337 e. The summed E-state index contributed by atoms with van der Waals surface area (Å²) in [5.41, 5.74) is 7.39. The highest BCUT2D eigenvalue weighted by Gasteiger charge is 2.20. The number of nitrogens with zero attached hydrogens (tertiary/aromatic N) is 3. The Hall–Kier alpha value is -3.62. The fourth-order valence-electron chi connectivity index (χ4n) is 3.29. The van der Waals surface area contributed by atoms with Crippen molar-refractivity contribution in [3.63, 3.8) is 0 Å². The molecule has 0 saturated heterocycles. The zero-order valence-corrected chi connectivity index (χ0v) is 18.4. The van der Waals surface area contributed by atoms with Crippen molar-refractivity contribution in [2.45, 2.75) is 0 Å². The molecule has 0 aliphatic carbocycles. The van der Waals surface area contributed by atoms with Crippen LogP contribution in [0.5, 0.6) is 0 Å². The lowest BCUT2D eigenvalue weighted by molar-refractivity contribution is 0.0600. The molecular formula is C22H16Cl2N4O4. The normalized spacial score (nSPS) is 10.9. The molecule has 2 aromatic heterocycles. The predicted octanol–water partition coefficient (Wildman–Crippen LogP) is 3.86.